The van der Waals surface area contributed by atoms with E-state index < -0.39 is 41.0 Å². The molecule has 0 aliphatic heterocycles. The van der Waals surface area contributed by atoms with Crippen LogP contribution in [0.1, 0.15) is 52.6 Å². The van der Waals surface area contributed by atoms with Crippen molar-refractivity contribution in [2.45, 2.75) is 59.2 Å². The largest absolute Gasteiger partial charge is 0.489 e. The summed E-state index contributed by atoms with van der Waals surface area (Å²) in [5.41, 5.74) is 4.86. The molecule has 4 aromatic rings. The summed E-state index contributed by atoms with van der Waals surface area (Å²) >= 11 is 3.44. The smallest absolute Gasteiger partial charge is 0.235 e. The van der Waals surface area contributed by atoms with E-state index in [0.717, 1.165) is 32.3 Å². The number of aliphatic hydroxyl groups is 1. The van der Waals surface area contributed by atoms with Crippen LogP contribution in [0.2, 0.25) is 0 Å². The monoisotopic (exact) mass is 682 g/mol. The summed E-state index contributed by atoms with van der Waals surface area (Å²) in [6, 6.07) is 26.1. The summed E-state index contributed by atoms with van der Waals surface area (Å²) < 4.78 is 6.98. The van der Waals surface area contributed by atoms with Crippen LogP contribution in [0.3, 0.4) is 0 Å². The highest BCUT2D eigenvalue weighted by atomic mass is 79.9. The molecular weight excluding hydrogens is 644 g/mol. The lowest BCUT2D eigenvalue weighted by Crippen LogP contribution is -2.56. The van der Waals surface area contributed by atoms with Gasteiger partial charge in [-0.25, -0.2) is 0 Å². The molecule has 0 bridgehead atoms. The minimum atomic E-state index is -1.71. The number of ether oxygens (including phenoxy) is 1. The van der Waals surface area contributed by atoms with E-state index in [1.54, 1.807) is 36.4 Å². The van der Waals surface area contributed by atoms with E-state index in [1.807, 2.05) is 76.2 Å². The first-order chi connectivity index (χ1) is 21.9. The van der Waals surface area contributed by atoms with Crippen LogP contribution in [-0.2, 0) is 21.0 Å². The molecule has 238 valence electrons. The van der Waals surface area contributed by atoms with E-state index in [0.29, 0.717) is 29.3 Å². The molecule has 4 aromatic carbocycles. The van der Waals surface area contributed by atoms with Crippen LogP contribution >= 0.6 is 15.9 Å². The van der Waals surface area contributed by atoms with Gasteiger partial charge in [0.25, 0.3) is 0 Å². The van der Waals surface area contributed by atoms with Gasteiger partial charge in [-0.2, -0.15) is 0 Å². The molecule has 1 saturated carbocycles. The first-order valence-corrected chi connectivity index (χ1v) is 16.1. The van der Waals surface area contributed by atoms with Crippen molar-refractivity contribution < 1.29 is 24.2 Å². The maximum atomic E-state index is 14.2. The molecule has 4 atom stereocenters. The Hall–Kier alpha value is -4.27. The SMILES string of the molecule is Cc1cccc(NC(=O)C2C(=O)CC(C)(O)C(C(=O)Nc3cccc(C)c3C)C2c2ccc(OCc3ccc(Br)cc3)cc2)c1C. The van der Waals surface area contributed by atoms with Gasteiger partial charge in [0.2, 0.25) is 11.8 Å². The van der Waals surface area contributed by atoms with Gasteiger partial charge >= 0.3 is 0 Å². The molecule has 8 heteroatoms. The molecular formula is C38H39BrN2O5. The lowest BCUT2D eigenvalue weighted by Gasteiger charge is -2.44. The number of carbonyl (C=O) groups excluding carboxylic acids is 3. The second-order valence-electron chi connectivity index (χ2n) is 12.4. The fraction of sp³-hybridized carbons (Fsp3) is 0.289. The number of amides is 2. The van der Waals surface area contributed by atoms with Crippen LogP contribution in [0.25, 0.3) is 0 Å². The van der Waals surface area contributed by atoms with E-state index in [2.05, 4.69) is 26.6 Å². The van der Waals surface area contributed by atoms with Crippen LogP contribution in [0.5, 0.6) is 5.75 Å². The number of halogens is 1. The number of rotatable bonds is 8. The molecule has 0 aromatic heterocycles. The highest BCUT2D eigenvalue weighted by molar-refractivity contribution is 9.10. The fourth-order valence-electron chi connectivity index (χ4n) is 6.22. The minimum absolute atomic E-state index is 0.340. The van der Waals surface area contributed by atoms with Gasteiger partial charge in [0.05, 0.1) is 11.5 Å². The zero-order valence-electron chi connectivity index (χ0n) is 26.7. The van der Waals surface area contributed by atoms with Crippen molar-refractivity contribution in [1.29, 1.82) is 0 Å². The topological polar surface area (TPSA) is 105 Å². The van der Waals surface area contributed by atoms with Crippen LogP contribution in [0, 0.1) is 39.5 Å². The first-order valence-electron chi connectivity index (χ1n) is 15.3. The molecule has 0 saturated heterocycles. The Morgan fingerprint density at radius 3 is 1.93 bits per heavy atom. The normalized spacial score (nSPS) is 21.0. The summed E-state index contributed by atoms with van der Waals surface area (Å²) in [6.07, 6.45) is -0.340. The van der Waals surface area contributed by atoms with Gasteiger partial charge in [-0.1, -0.05) is 64.5 Å². The summed E-state index contributed by atoms with van der Waals surface area (Å²) in [6.45, 7) is 9.58. The number of carbonyl (C=O) groups is 3. The van der Waals surface area contributed by atoms with Crippen molar-refractivity contribution in [1.82, 2.24) is 0 Å². The first kappa shape index (κ1) is 33.1. The molecule has 5 rings (SSSR count). The van der Waals surface area contributed by atoms with Crippen molar-refractivity contribution in [2.24, 2.45) is 11.8 Å². The predicted octanol–water partition coefficient (Wildman–Crippen LogP) is 7.58. The lowest BCUT2D eigenvalue weighted by molar-refractivity contribution is -0.150. The van der Waals surface area contributed by atoms with E-state index >= 15 is 0 Å². The third kappa shape index (κ3) is 7.08. The summed E-state index contributed by atoms with van der Waals surface area (Å²) in [5, 5.41) is 17.7. The Labute approximate surface area is 278 Å². The number of Topliss-reactive ketones (excluding diaryl/α,β-unsaturated/α-hetero) is 1. The van der Waals surface area contributed by atoms with Crippen molar-refractivity contribution >= 4 is 44.9 Å². The Morgan fingerprint density at radius 1 is 0.826 bits per heavy atom. The molecule has 0 radical (unpaired) electrons. The third-order valence-corrected chi connectivity index (χ3v) is 9.67. The van der Waals surface area contributed by atoms with Gasteiger partial charge in [0, 0.05) is 28.2 Å². The van der Waals surface area contributed by atoms with Crippen LogP contribution in [0.4, 0.5) is 11.4 Å². The molecule has 3 N–H and O–H groups in total. The van der Waals surface area contributed by atoms with Gasteiger partial charge in [-0.05, 0) is 104 Å². The Morgan fingerprint density at radius 2 is 1.37 bits per heavy atom. The zero-order chi connectivity index (χ0) is 33.2. The van der Waals surface area contributed by atoms with Crippen LogP contribution in [0.15, 0.2) is 89.4 Å². The van der Waals surface area contributed by atoms with Crippen molar-refractivity contribution in [2.75, 3.05) is 10.6 Å². The molecule has 46 heavy (non-hydrogen) atoms. The van der Waals surface area contributed by atoms with E-state index in [1.165, 1.54) is 6.92 Å². The van der Waals surface area contributed by atoms with Crippen LogP contribution < -0.4 is 15.4 Å². The number of hydrogen-bond acceptors (Lipinski definition) is 5. The van der Waals surface area contributed by atoms with Crippen molar-refractivity contribution in [3.05, 3.63) is 123 Å². The Kier molecular flexibility index (Phi) is 9.79. The molecule has 1 aliphatic rings. The van der Waals surface area contributed by atoms with E-state index in [9.17, 15) is 19.5 Å². The van der Waals surface area contributed by atoms with E-state index in [-0.39, 0.29) is 6.42 Å². The van der Waals surface area contributed by atoms with Crippen molar-refractivity contribution in [3.8, 4) is 5.75 Å². The highest BCUT2D eigenvalue weighted by Gasteiger charge is 2.56. The van der Waals surface area contributed by atoms with Gasteiger partial charge in [-0.3, -0.25) is 14.4 Å². The number of nitrogens with one attached hydrogen (secondary N) is 2. The second kappa shape index (κ2) is 13.6. The maximum absolute atomic E-state index is 14.2. The zero-order valence-corrected chi connectivity index (χ0v) is 28.3. The molecule has 7 nitrogen and oxygen atoms in total. The molecule has 0 heterocycles. The Bertz CT molecular complexity index is 1770. The highest BCUT2D eigenvalue weighted by Crippen LogP contribution is 2.47. The molecule has 4 unspecified atom stereocenters. The number of benzene rings is 4. The summed E-state index contributed by atoms with van der Waals surface area (Å²) in [4.78, 5) is 42.0. The Balaban J connectivity index is 1.52. The van der Waals surface area contributed by atoms with Gasteiger partial charge in [0.1, 0.15) is 24.1 Å². The molecule has 0 spiro atoms. The molecule has 2 amide bonds. The van der Waals surface area contributed by atoms with Crippen LogP contribution in [-0.4, -0.2) is 28.3 Å². The molecule has 1 fully saturated rings. The average Bonchev–Trinajstić information content (AvgIpc) is 3.00. The van der Waals surface area contributed by atoms with E-state index in [4.69, 9.17) is 4.74 Å². The number of aryl methyl sites for hydroxylation is 2. The van der Waals surface area contributed by atoms with Gasteiger partial charge < -0.3 is 20.5 Å². The second-order valence-corrected chi connectivity index (χ2v) is 13.4. The number of ketones is 1. The van der Waals surface area contributed by atoms with Gasteiger partial charge in [0.15, 0.2) is 0 Å². The third-order valence-electron chi connectivity index (χ3n) is 9.14. The van der Waals surface area contributed by atoms with Crippen molar-refractivity contribution in [3.63, 3.8) is 0 Å². The minimum Gasteiger partial charge on any atom is -0.489 e. The standard InChI is InChI=1S/C38H39BrN2O5/c1-22-8-6-10-30(24(22)3)40-36(43)34-32(42)20-38(5,45)35(37(44)41-31-11-7-9-23(2)25(31)4)33(34)27-14-18-29(19-15-27)46-21-26-12-16-28(39)17-13-26/h6-19,33-35,45H,20-21H2,1-5H3,(H,40,43)(H,41,44). The number of hydrogen-bond donors (Lipinski definition) is 3. The predicted molar refractivity (Wildman–Crippen MR) is 184 cm³/mol. The van der Waals surface area contributed by atoms with Gasteiger partial charge in [-0.15, -0.1) is 0 Å². The molecule has 1 aliphatic carbocycles. The quantitative estimate of drug-likeness (QED) is 0.166. The maximum Gasteiger partial charge on any atom is 0.235 e. The lowest BCUT2D eigenvalue weighted by atomic mass is 9.61. The average molecular weight is 684 g/mol. The summed E-state index contributed by atoms with van der Waals surface area (Å²) in [5.74, 6) is -4.10. The summed E-state index contributed by atoms with van der Waals surface area (Å²) in [7, 11) is 0. The number of anilines is 2. The fourth-order valence-corrected chi connectivity index (χ4v) is 6.48.